The summed E-state index contributed by atoms with van der Waals surface area (Å²) >= 11 is 1.54. The maximum atomic E-state index is 5.36. The van der Waals surface area contributed by atoms with Gasteiger partial charge in [0.2, 0.25) is 5.13 Å². The Morgan fingerprint density at radius 1 is 1.69 bits per heavy atom. The zero-order chi connectivity index (χ0) is 9.10. The Morgan fingerprint density at radius 3 is 3.31 bits per heavy atom. The van der Waals surface area contributed by atoms with E-state index >= 15 is 0 Å². The molecule has 13 heavy (non-hydrogen) atoms. The van der Waals surface area contributed by atoms with Crippen LogP contribution < -0.4 is 5.32 Å². The van der Waals surface area contributed by atoms with E-state index in [0.717, 1.165) is 24.8 Å². The summed E-state index contributed by atoms with van der Waals surface area (Å²) < 4.78 is 5.36. The molecule has 0 aromatic carbocycles. The van der Waals surface area contributed by atoms with Gasteiger partial charge in [-0.05, 0) is 12.3 Å². The van der Waals surface area contributed by atoms with Gasteiger partial charge in [-0.25, -0.2) is 0 Å². The van der Waals surface area contributed by atoms with Crippen molar-refractivity contribution >= 4 is 16.5 Å². The summed E-state index contributed by atoms with van der Waals surface area (Å²) in [6.07, 6.45) is 1.06. The standard InChI is InChI=1S/C8H13N3OS/c1-6-4-12-3-2-7(6)10-8-11-9-5-13-8/h5-7H,2-4H2,1H3,(H,10,11). The van der Waals surface area contributed by atoms with E-state index in [2.05, 4.69) is 22.4 Å². The van der Waals surface area contributed by atoms with Crippen LogP contribution in [0, 0.1) is 5.92 Å². The van der Waals surface area contributed by atoms with E-state index in [4.69, 9.17) is 4.74 Å². The van der Waals surface area contributed by atoms with Gasteiger partial charge in [0.05, 0.1) is 6.61 Å². The molecular formula is C8H13N3OS. The Bertz CT molecular complexity index is 252. The Labute approximate surface area is 81.3 Å². The third-order valence-electron chi connectivity index (χ3n) is 2.31. The van der Waals surface area contributed by atoms with E-state index in [9.17, 15) is 0 Å². The van der Waals surface area contributed by atoms with Crippen molar-refractivity contribution in [2.24, 2.45) is 5.92 Å². The summed E-state index contributed by atoms with van der Waals surface area (Å²) in [5, 5.41) is 12.0. The number of aromatic nitrogens is 2. The number of hydrogen-bond acceptors (Lipinski definition) is 5. The largest absolute Gasteiger partial charge is 0.381 e. The van der Waals surface area contributed by atoms with Gasteiger partial charge in [0.15, 0.2) is 0 Å². The van der Waals surface area contributed by atoms with E-state index in [0.29, 0.717) is 12.0 Å². The van der Waals surface area contributed by atoms with Gasteiger partial charge >= 0.3 is 0 Å². The fraction of sp³-hybridized carbons (Fsp3) is 0.750. The zero-order valence-corrected chi connectivity index (χ0v) is 8.38. The lowest BCUT2D eigenvalue weighted by Gasteiger charge is -2.29. The molecule has 0 bridgehead atoms. The minimum atomic E-state index is 0.488. The molecule has 1 aliphatic heterocycles. The highest BCUT2D eigenvalue weighted by molar-refractivity contribution is 7.13. The van der Waals surface area contributed by atoms with Crippen LogP contribution in [0.2, 0.25) is 0 Å². The fourth-order valence-corrected chi connectivity index (χ4v) is 2.00. The van der Waals surface area contributed by atoms with Crippen molar-refractivity contribution < 1.29 is 4.74 Å². The molecule has 0 radical (unpaired) electrons. The van der Waals surface area contributed by atoms with Crippen molar-refractivity contribution in [2.45, 2.75) is 19.4 Å². The molecule has 72 valence electrons. The first-order valence-electron chi connectivity index (χ1n) is 4.46. The van der Waals surface area contributed by atoms with Crippen molar-refractivity contribution in [1.82, 2.24) is 10.2 Å². The summed E-state index contributed by atoms with van der Waals surface area (Å²) in [7, 11) is 0. The molecule has 1 fully saturated rings. The third-order valence-corrected chi connectivity index (χ3v) is 2.93. The van der Waals surface area contributed by atoms with Crippen LogP contribution in [0.15, 0.2) is 5.51 Å². The summed E-state index contributed by atoms with van der Waals surface area (Å²) in [6.45, 7) is 3.88. The lowest BCUT2D eigenvalue weighted by molar-refractivity contribution is 0.0537. The average molecular weight is 199 g/mol. The second kappa shape index (κ2) is 4.02. The molecule has 1 aromatic rings. The smallest absolute Gasteiger partial charge is 0.205 e. The Hall–Kier alpha value is -0.680. The quantitative estimate of drug-likeness (QED) is 0.781. The van der Waals surface area contributed by atoms with Crippen LogP contribution in [0.1, 0.15) is 13.3 Å². The minimum absolute atomic E-state index is 0.488. The second-order valence-electron chi connectivity index (χ2n) is 3.34. The monoisotopic (exact) mass is 199 g/mol. The van der Waals surface area contributed by atoms with Crippen LogP contribution in [-0.4, -0.2) is 29.5 Å². The van der Waals surface area contributed by atoms with E-state index in [1.807, 2.05) is 0 Å². The van der Waals surface area contributed by atoms with Crippen molar-refractivity contribution in [1.29, 1.82) is 0 Å². The Kier molecular flexibility index (Phi) is 2.75. The van der Waals surface area contributed by atoms with Gasteiger partial charge in [0.1, 0.15) is 5.51 Å². The van der Waals surface area contributed by atoms with Gasteiger partial charge in [0, 0.05) is 12.6 Å². The molecule has 0 aliphatic carbocycles. The first kappa shape index (κ1) is 8.90. The van der Waals surface area contributed by atoms with Crippen LogP contribution in [0.4, 0.5) is 5.13 Å². The van der Waals surface area contributed by atoms with Crippen LogP contribution >= 0.6 is 11.3 Å². The number of hydrogen-bond donors (Lipinski definition) is 1. The van der Waals surface area contributed by atoms with Gasteiger partial charge in [-0.1, -0.05) is 18.3 Å². The highest BCUT2D eigenvalue weighted by Gasteiger charge is 2.22. The summed E-state index contributed by atoms with van der Waals surface area (Å²) in [5.41, 5.74) is 1.74. The first-order chi connectivity index (χ1) is 6.36. The zero-order valence-electron chi connectivity index (χ0n) is 7.56. The minimum Gasteiger partial charge on any atom is -0.381 e. The molecule has 4 nitrogen and oxygen atoms in total. The third kappa shape index (κ3) is 2.16. The molecule has 2 rings (SSSR count). The molecule has 0 amide bonds. The number of anilines is 1. The van der Waals surface area contributed by atoms with E-state index in [1.54, 1.807) is 16.8 Å². The number of nitrogens with one attached hydrogen (secondary N) is 1. The average Bonchev–Trinajstić information content (AvgIpc) is 2.61. The molecule has 1 aliphatic rings. The van der Waals surface area contributed by atoms with Gasteiger partial charge < -0.3 is 10.1 Å². The van der Waals surface area contributed by atoms with Crippen LogP contribution in [0.25, 0.3) is 0 Å². The van der Waals surface area contributed by atoms with Crippen LogP contribution in [-0.2, 0) is 4.74 Å². The molecule has 2 atom stereocenters. The maximum absolute atomic E-state index is 5.36. The van der Waals surface area contributed by atoms with Crippen molar-refractivity contribution in [2.75, 3.05) is 18.5 Å². The topological polar surface area (TPSA) is 47.0 Å². The normalized spacial score (nSPS) is 28.7. The van der Waals surface area contributed by atoms with Crippen molar-refractivity contribution in [3.05, 3.63) is 5.51 Å². The van der Waals surface area contributed by atoms with Gasteiger partial charge in [-0.3, -0.25) is 0 Å². The molecule has 2 heterocycles. The van der Waals surface area contributed by atoms with Crippen molar-refractivity contribution in [3.63, 3.8) is 0 Å². The van der Waals surface area contributed by atoms with Crippen molar-refractivity contribution in [3.8, 4) is 0 Å². The van der Waals surface area contributed by atoms with Crippen LogP contribution in [0.3, 0.4) is 0 Å². The summed E-state index contributed by atoms with van der Waals surface area (Å²) in [4.78, 5) is 0. The Balaban J connectivity index is 1.93. The molecule has 1 N–H and O–H groups in total. The van der Waals surface area contributed by atoms with Gasteiger partial charge in [0.25, 0.3) is 0 Å². The first-order valence-corrected chi connectivity index (χ1v) is 5.34. The highest BCUT2D eigenvalue weighted by Crippen LogP contribution is 2.19. The molecule has 1 aromatic heterocycles. The molecule has 2 unspecified atom stereocenters. The number of rotatable bonds is 2. The second-order valence-corrected chi connectivity index (χ2v) is 4.17. The van der Waals surface area contributed by atoms with E-state index < -0.39 is 0 Å². The van der Waals surface area contributed by atoms with Gasteiger partial charge in [-0.15, -0.1) is 10.2 Å². The predicted octanol–water partition coefficient (Wildman–Crippen LogP) is 1.37. The van der Waals surface area contributed by atoms with E-state index in [-0.39, 0.29) is 0 Å². The molecule has 0 spiro atoms. The molecule has 1 saturated heterocycles. The molecular weight excluding hydrogens is 186 g/mol. The van der Waals surface area contributed by atoms with E-state index in [1.165, 1.54) is 0 Å². The van der Waals surface area contributed by atoms with Crippen LogP contribution in [0.5, 0.6) is 0 Å². The lowest BCUT2D eigenvalue weighted by atomic mass is 9.98. The maximum Gasteiger partial charge on any atom is 0.205 e. The summed E-state index contributed by atoms with van der Waals surface area (Å²) in [6, 6.07) is 0.488. The van der Waals surface area contributed by atoms with Gasteiger partial charge in [-0.2, -0.15) is 0 Å². The Morgan fingerprint density at radius 2 is 2.62 bits per heavy atom. The lowest BCUT2D eigenvalue weighted by Crippen LogP contribution is -2.35. The number of nitrogens with zero attached hydrogens (tertiary/aromatic N) is 2. The highest BCUT2D eigenvalue weighted by atomic mass is 32.1. The predicted molar refractivity (Wildman–Crippen MR) is 51.9 cm³/mol. The fourth-order valence-electron chi connectivity index (χ4n) is 1.49. The number of ether oxygens (including phenoxy) is 1. The molecule has 0 saturated carbocycles. The SMILES string of the molecule is CC1COCCC1Nc1nncs1. The molecule has 5 heteroatoms. The summed E-state index contributed by atoms with van der Waals surface area (Å²) in [5.74, 6) is 0.553.